The molecule has 0 fully saturated rings. The van der Waals surface area contributed by atoms with Crippen LogP contribution in [0.15, 0.2) is 103 Å². The lowest BCUT2D eigenvalue weighted by Gasteiger charge is -2.19. The van der Waals surface area contributed by atoms with Gasteiger partial charge in [0.2, 0.25) is 0 Å². The number of hydrogen-bond acceptors (Lipinski definition) is 5. The van der Waals surface area contributed by atoms with Crippen LogP contribution in [0.5, 0.6) is 0 Å². The van der Waals surface area contributed by atoms with E-state index in [-0.39, 0.29) is 12.1 Å². The van der Waals surface area contributed by atoms with E-state index in [9.17, 15) is 19.2 Å². The summed E-state index contributed by atoms with van der Waals surface area (Å²) >= 11 is 0. The molecule has 0 aliphatic heterocycles. The Morgan fingerprint density at radius 1 is 0.714 bits per heavy atom. The molecule has 0 spiro atoms. The lowest BCUT2D eigenvalue weighted by molar-refractivity contribution is -0.142. The van der Waals surface area contributed by atoms with Gasteiger partial charge in [-0.1, -0.05) is 54.6 Å². The maximum Gasteiger partial charge on any atom is 0.328 e. The highest BCUT2D eigenvalue weighted by Gasteiger charge is 2.24. The van der Waals surface area contributed by atoms with Gasteiger partial charge in [-0.2, -0.15) is 0 Å². The molecule has 3 rings (SSSR count). The highest BCUT2D eigenvalue weighted by molar-refractivity contribution is 5.98. The van der Waals surface area contributed by atoms with Crippen LogP contribution in [0.3, 0.4) is 0 Å². The van der Waals surface area contributed by atoms with Crippen LogP contribution in [0.1, 0.15) is 37.5 Å². The molecule has 0 aliphatic carbocycles. The van der Waals surface area contributed by atoms with Crippen molar-refractivity contribution in [3.8, 4) is 0 Å². The SMILES string of the molecule is COC(=O)C(CC(=CNC(=O)c1ccccc1)NC(=O)c1ccccc1)NC(=O)c1ccccc1. The molecular formula is C27H25N3O5. The molecule has 8 heteroatoms. The molecular weight excluding hydrogens is 446 g/mol. The van der Waals surface area contributed by atoms with Crippen molar-refractivity contribution in [2.45, 2.75) is 12.5 Å². The van der Waals surface area contributed by atoms with Crippen molar-refractivity contribution in [3.05, 3.63) is 120 Å². The van der Waals surface area contributed by atoms with E-state index in [4.69, 9.17) is 4.74 Å². The number of methoxy groups -OCH3 is 1. The van der Waals surface area contributed by atoms with Crippen molar-refractivity contribution in [1.82, 2.24) is 16.0 Å². The van der Waals surface area contributed by atoms with E-state index < -0.39 is 29.7 Å². The first-order valence-electron chi connectivity index (χ1n) is 10.8. The van der Waals surface area contributed by atoms with E-state index in [0.29, 0.717) is 16.7 Å². The summed E-state index contributed by atoms with van der Waals surface area (Å²) in [6.07, 6.45) is 1.17. The molecule has 0 heterocycles. The van der Waals surface area contributed by atoms with Gasteiger partial charge in [0.25, 0.3) is 17.7 Å². The minimum atomic E-state index is -1.12. The molecule has 1 unspecified atom stereocenters. The van der Waals surface area contributed by atoms with Crippen molar-refractivity contribution >= 4 is 23.7 Å². The number of esters is 1. The number of rotatable bonds is 9. The van der Waals surface area contributed by atoms with Crippen molar-refractivity contribution in [1.29, 1.82) is 0 Å². The average molecular weight is 472 g/mol. The fourth-order valence-corrected chi connectivity index (χ4v) is 3.17. The van der Waals surface area contributed by atoms with Gasteiger partial charge in [0, 0.05) is 35.0 Å². The van der Waals surface area contributed by atoms with Crippen molar-refractivity contribution in [3.63, 3.8) is 0 Å². The maximum absolute atomic E-state index is 12.8. The van der Waals surface area contributed by atoms with E-state index in [2.05, 4.69) is 16.0 Å². The van der Waals surface area contributed by atoms with Crippen LogP contribution in [-0.2, 0) is 9.53 Å². The van der Waals surface area contributed by atoms with E-state index in [0.717, 1.165) is 0 Å². The van der Waals surface area contributed by atoms with E-state index in [1.165, 1.54) is 13.3 Å². The highest BCUT2D eigenvalue weighted by atomic mass is 16.5. The number of amides is 3. The monoisotopic (exact) mass is 471 g/mol. The zero-order valence-electron chi connectivity index (χ0n) is 19.1. The molecule has 178 valence electrons. The molecule has 0 radical (unpaired) electrons. The summed E-state index contributed by atoms with van der Waals surface area (Å²) in [6, 6.07) is 24.3. The van der Waals surface area contributed by atoms with Gasteiger partial charge in [0.1, 0.15) is 6.04 Å². The molecule has 3 N–H and O–H groups in total. The number of carbonyl (C=O) groups is 4. The average Bonchev–Trinajstić information content (AvgIpc) is 2.91. The van der Waals surface area contributed by atoms with Gasteiger partial charge in [0.05, 0.1) is 7.11 Å². The molecule has 3 aromatic rings. The number of nitrogens with one attached hydrogen (secondary N) is 3. The van der Waals surface area contributed by atoms with E-state index in [1.54, 1.807) is 91.0 Å². The number of hydrogen-bond donors (Lipinski definition) is 3. The Labute approximate surface area is 203 Å². The Morgan fingerprint density at radius 3 is 1.66 bits per heavy atom. The van der Waals surface area contributed by atoms with E-state index in [1.807, 2.05) is 0 Å². The third-order valence-electron chi connectivity index (χ3n) is 4.97. The molecule has 35 heavy (non-hydrogen) atoms. The predicted molar refractivity (Wildman–Crippen MR) is 130 cm³/mol. The Morgan fingerprint density at radius 2 is 1.17 bits per heavy atom. The first-order chi connectivity index (χ1) is 17.0. The van der Waals surface area contributed by atoms with E-state index >= 15 is 0 Å². The molecule has 8 nitrogen and oxygen atoms in total. The summed E-state index contributed by atoms with van der Waals surface area (Å²) in [6.45, 7) is 0. The van der Waals surface area contributed by atoms with Gasteiger partial charge in [-0.3, -0.25) is 14.4 Å². The summed E-state index contributed by atoms with van der Waals surface area (Å²) < 4.78 is 4.85. The topological polar surface area (TPSA) is 114 Å². The van der Waals surface area contributed by atoms with Crippen LogP contribution in [0, 0.1) is 0 Å². The third kappa shape index (κ3) is 7.40. The lowest BCUT2D eigenvalue weighted by Crippen LogP contribution is -2.43. The lowest BCUT2D eigenvalue weighted by atomic mass is 10.1. The molecule has 3 amide bonds. The Bertz CT molecular complexity index is 1200. The number of ether oxygens (including phenoxy) is 1. The van der Waals surface area contributed by atoms with Crippen LogP contribution >= 0.6 is 0 Å². The molecule has 3 aromatic carbocycles. The second kappa shape index (κ2) is 12.5. The number of benzene rings is 3. The fourth-order valence-electron chi connectivity index (χ4n) is 3.17. The van der Waals surface area contributed by atoms with Crippen molar-refractivity contribution in [2.75, 3.05) is 7.11 Å². The van der Waals surface area contributed by atoms with Gasteiger partial charge in [-0.15, -0.1) is 0 Å². The summed E-state index contributed by atoms with van der Waals surface area (Å²) in [4.78, 5) is 50.4. The Balaban J connectivity index is 1.83. The smallest absolute Gasteiger partial charge is 0.328 e. The van der Waals surface area contributed by atoms with Gasteiger partial charge in [-0.05, 0) is 36.4 Å². The van der Waals surface area contributed by atoms with Gasteiger partial charge in [0.15, 0.2) is 0 Å². The van der Waals surface area contributed by atoms with Gasteiger partial charge in [-0.25, -0.2) is 4.79 Å². The summed E-state index contributed by atoms with van der Waals surface area (Å²) in [5.41, 5.74) is 1.36. The molecule has 0 aromatic heterocycles. The van der Waals surface area contributed by atoms with Crippen LogP contribution in [-0.4, -0.2) is 36.8 Å². The third-order valence-corrected chi connectivity index (χ3v) is 4.97. The quantitative estimate of drug-likeness (QED) is 0.415. The summed E-state index contributed by atoms with van der Waals surface area (Å²) in [7, 11) is 1.20. The molecule has 0 aliphatic rings. The summed E-state index contributed by atoms with van der Waals surface area (Å²) in [5.74, 6) is -2.03. The molecule has 1 atom stereocenters. The van der Waals surface area contributed by atoms with Crippen LogP contribution in [0.25, 0.3) is 0 Å². The minimum absolute atomic E-state index is 0.140. The maximum atomic E-state index is 12.8. The van der Waals surface area contributed by atoms with Crippen molar-refractivity contribution in [2.24, 2.45) is 0 Å². The fraction of sp³-hybridized carbons (Fsp3) is 0.111. The van der Waals surface area contributed by atoms with Crippen LogP contribution in [0.2, 0.25) is 0 Å². The zero-order chi connectivity index (χ0) is 25.0. The molecule has 0 saturated carbocycles. The van der Waals surface area contributed by atoms with Crippen LogP contribution in [0.4, 0.5) is 0 Å². The van der Waals surface area contributed by atoms with Gasteiger partial charge >= 0.3 is 5.97 Å². The predicted octanol–water partition coefficient (Wildman–Crippen LogP) is 3.05. The first kappa shape index (κ1) is 24.9. The molecule has 0 bridgehead atoms. The highest BCUT2D eigenvalue weighted by Crippen LogP contribution is 2.09. The second-order valence-corrected chi connectivity index (χ2v) is 7.45. The second-order valence-electron chi connectivity index (χ2n) is 7.45. The number of carbonyl (C=O) groups excluding carboxylic acids is 4. The standard InChI is InChI=1S/C27H25N3O5/c1-35-27(34)23(30-26(33)21-15-9-4-10-16-21)17-22(29-25(32)20-13-7-3-8-14-20)18-28-24(31)19-11-5-2-6-12-19/h2-16,18,23H,17H2,1H3,(H,28,31)(H,29,32)(H,30,33). The molecule has 0 saturated heterocycles. The first-order valence-corrected chi connectivity index (χ1v) is 10.8. The van der Waals surface area contributed by atoms with Gasteiger partial charge < -0.3 is 20.7 Å². The minimum Gasteiger partial charge on any atom is -0.467 e. The Kier molecular flexibility index (Phi) is 8.90. The van der Waals surface area contributed by atoms with Crippen molar-refractivity contribution < 1.29 is 23.9 Å². The van der Waals surface area contributed by atoms with Crippen LogP contribution < -0.4 is 16.0 Å². The largest absolute Gasteiger partial charge is 0.467 e. The Hall–Kier alpha value is -4.72. The normalized spacial score (nSPS) is 11.6. The zero-order valence-corrected chi connectivity index (χ0v) is 19.1. The summed E-state index contributed by atoms with van der Waals surface area (Å²) in [5, 5.41) is 7.96.